The molecule has 0 atom stereocenters. The van der Waals surface area contributed by atoms with Gasteiger partial charge in [-0.15, -0.1) is 5.10 Å². The molecule has 6 nitrogen and oxygen atoms in total. The van der Waals surface area contributed by atoms with E-state index in [0.29, 0.717) is 18.9 Å². The highest BCUT2D eigenvalue weighted by molar-refractivity contribution is 5.20. The fourth-order valence-corrected chi connectivity index (χ4v) is 1.19. The predicted molar refractivity (Wildman–Crippen MR) is 57.7 cm³/mol. The molecular formula is C10H12N4O2. The lowest BCUT2D eigenvalue weighted by molar-refractivity contribution is 0.307. The molecule has 16 heavy (non-hydrogen) atoms. The van der Waals surface area contributed by atoms with Crippen molar-refractivity contribution in [2.24, 2.45) is 5.84 Å². The van der Waals surface area contributed by atoms with Gasteiger partial charge in [-0.2, -0.15) is 0 Å². The number of nitrogens with two attached hydrogens (primary N) is 1. The zero-order valence-electron chi connectivity index (χ0n) is 8.59. The van der Waals surface area contributed by atoms with E-state index < -0.39 is 0 Å². The van der Waals surface area contributed by atoms with Crippen molar-refractivity contribution in [1.29, 1.82) is 0 Å². The minimum Gasteiger partial charge on any atom is -0.493 e. The molecule has 1 aromatic heterocycles. The number of nitrogen functional groups attached to an aromatic ring is 1. The van der Waals surface area contributed by atoms with Gasteiger partial charge in [0.05, 0.1) is 13.0 Å². The van der Waals surface area contributed by atoms with Gasteiger partial charge < -0.3 is 9.15 Å². The number of hydrazine groups is 1. The summed E-state index contributed by atoms with van der Waals surface area (Å²) in [5, 5.41) is 7.43. The van der Waals surface area contributed by atoms with Crippen molar-refractivity contribution in [3.8, 4) is 5.75 Å². The summed E-state index contributed by atoms with van der Waals surface area (Å²) in [5.41, 5.74) is 2.27. The maximum absolute atomic E-state index is 5.47. The highest BCUT2D eigenvalue weighted by Gasteiger charge is 2.04. The van der Waals surface area contributed by atoms with Crippen LogP contribution in [0.4, 0.5) is 6.01 Å². The van der Waals surface area contributed by atoms with E-state index in [0.717, 1.165) is 5.75 Å². The third-order valence-corrected chi connectivity index (χ3v) is 1.92. The van der Waals surface area contributed by atoms with Crippen molar-refractivity contribution in [2.45, 2.75) is 6.42 Å². The lowest BCUT2D eigenvalue weighted by Gasteiger charge is -2.02. The molecule has 0 radical (unpaired) electrons. The molecule has 0 aliphatic heterocycles. The van der Waals surface area contributed by atoms with Crippen LogP contribution in [0.15, 0.2) is 34.7 Å². The molecule has 1 heterocycles. The smallest absolute Gasteiger partial charge is 0.330 e. The van der Waals surface area contributed by atoms with Crippen LogP contribution in [-0.4, -0.2) is 16.8 Å². The fourth-order valence-electron chi connectivity index (χ4n) is 1.19. The van der Waals surface area contributed by atoms with E-state index >= 15 is 0 Å². The number of anilines is 1. The van der Waals surface area contributed by atoms with Crippen LogP contribution in [0.3, 0.4) is 0 Å². The maximum atomic E-state index is 5.47. The van der Waals surface area contributed by atoms with Crippen molar-refractivity contribution >= 4 is 6.01 Å². The minimum atomic E-state index is 0.203. The molecule has 0 fully saturated rings. The second kappa shape index (κ2) is 5.13. The molecule has 0 saturated carbocycles. The van der Waals surface area contributed by atoms with E-state index in [1.807, 2.05) is 30.3 Å². The van der Waals surface area contributed by atoms with Crippen molar-refractivity contribution in [3.63, 3.8) is 0 Å². The highest BCUT2D eigenvalue weighted by Crippen LogP contribution is 2.09. The van der Waals surface area contributed by atoms with Crippen LogP contribution in [-0.2, 0) is 6.42 Å². The summed E-state index contributed by atoms with van der Waals surface area (Å²) in [6, 6.07) is 9.75. The van der Waals surface area contributed by atoms with Crippen LogP contribution in [0.5, 0.6) is 5.75 Å². The quantitative estimate of drug-likeness (QED) is 0.577. The van der Waals surface area contributed by atoms with E-state index in [4.69, 9.17) is 15.0 Å². The number of benzene rings is 1. The number of ether oxygens (including phenoxy) is 1. The monoisotopic (exact) mass is 220 g/mol. The van der Waals surface area contributed by atoms with E-state index in [2.05, 4.69) is 15.6 Å². The Labute approximate surface area is 92.4 Å². The molecule has 84 valence electrons. The van der Waals surface area contributed by atoms with Crippen LogP contribution in [0, 0.1) is 0 Å². The average molecular weight is 220 g/mol. The molecule has 0 aliphatic carbocycles. The third-order valence-electron chi connectivity index (χ3n) is 1.92. The van der Waals surface area contributed by atoms with E-state index in [1.54, 1.807) is 0 Å². The van der Waals surface area contributed by atoms with Gasteiger partial charge in [-0.05, 0) is 12.1 Å². The summed E-state index contributed by atoms with van der Waals surface area (Å²) in [6.45, 7) is 0.482. The summed E-state index contributed by atoms with van der Waals surface area (Å²) in [4.78, 5) is 0. The van der Waals surface area contributed by atoms with Gasteiger partial charge in [-0.25, -0.2) is 5.84 Å². The van der Waals surface area contributed by atoms with Gasteiger partial charge in [0.15, 0.2) is 0 Å². The summed E-state index contributed by atoms with van der Waals surface area (Å²) >= 11 is 0. The number of aromatic nitrogens is 2. The second-order valence-electron chi connectivity index (χ2n) is 3.06. The van der Waals surface area contributed by atoms with Gasteiger partial charge in [0.25, 0.3) is 0 Å². The number of hydrogen-bond donors (Lipinski definition) is 2. The Morgan fingerprint density at radius 3 is 2.75 bits per heavy atom. The molecular weight excluding hydrogens is 208 g/mol. The molecule has 0 unspecified atom stereocenters. The molecule has 0 bridgehead atoms. The first kappa shape index (κ1) is 10.4. The lowest BCUT2D eigenvalue weighted by Crippen LogP contribution is -2.06. The second-order valence-corrected chi connectivity index (χ2v) is 3.06. The van der Waals surface area contributed by atoms with Gasteiger partial charge in [-0.1, -0.05) is 23.3 Å². The highest BCUT2D eigenvalue weighted by atomic mass is 16.5. The number of nitrogens with zero attached hydrogens (tertiary/aromatic N) is 2. The Kier molecular flexibility index (Phi) is 3.35. The minimum absolute atomic E-state index is 0.203. The number of rotatable bonds is 5. The Morgan fingerprint density at radius 2 is 2.06 bits per heavy atom. The van der Waals surface area contributed by atoms with Crippen LogP contribution in [0.1, 0.15) is 5.89 Å². The standard InChI is InChI=1S/C10H12N4O2/c11-12-10-14-13-9(16-10)6-7-15-8-4-2-1-3-5-8/h1-5H,6-7,11H2,(H,12,14). The van der Waals surface area contributed by atoms with Crippen LogP contribution >= 0.6 is 0 Å². The van der Waals surface area contributed by atoms with Gasteiger partial charge in [0.1, 0.15) is 5.75 Å². The van der Waals surface area contributed by atoms with Crippen molar-refractivity contribution < 1.29 is 9.15 Å². The largest absolute Gasteiger partial charge is 0.493 e. The summed E-state index contributed by atoms with van der Waals surface area (Å²) in [6.07, 6.45) is 0.545. The first-order chi connectivity index (χ1) is 7.88. The van der Waals surface area contributed by atoms with Crippen molar-refractivity contribution in [3.05, 3.63) is 36.2 Å². The van der Waals surface area contributed by atoms with Crippen LogP contribution < -0.4 is 16.0 Å². The summed E-state index contributed by atoms with van der Waals surface area (Å²) in [7, 11) is 0. The Morgan fingerprint density at radius 1 is 1.25 bits per heavy atom. The van der Waals surface area contributed by atoms with E-state index in [9.17, 15) is 0 Å². The molecule has 2 aromatic rings. The molecule has 6 heteroatoms. The molecule has 2 rings (SSSR count). The van der Waals surface area contributed by atoms with E-state index in [-0.39, 0.29) is 6.01 Å². The lowest BCUT2D eigenvalue weighted by atomic mass is 10.3. The Bertz CT molecular complexity index is 429. The molecule has 0 saturated heterocycles. The predicted octanol–water partition coefficient (Wildman–Crippen LogP) is 0.977. The first-order valence-electron chi connectivity index (χ1n) is 4.85. The molecule has 0 spiro atoms. The van der Waals surface area contributed by atoms with Crippen molar-refractivity contribution in [2.75, 3.05) is 12.0 Å². The third kappa shape index (κ3) is 2.71. The van der Waals surface area contributed by atoms with Crippen LogP contribution in [0.25, 0.3) is 0 Å². The Hall–Kier alpha value is -2.08. The average Bonchev–Trinajstić information content (AvgIpc) is 2.78. The normalized spacial score (nSPS) is 10.1. The Balaban J connectivity index is 1.80. The number of para-hydroxylation sites is 1. The summed E-state index contributed by atoms with van der Waals surface area (Å²) in [5.74, 6) is 6.41. The van der Waals surface area contributed by atoms with Gasteiger partial charge in [0, 0.05) is 0 Å². The van der Waals surface area contributed by atoms with Gasteiger partial charge >= 0.3 is 6.01 Å². The fraction of sp³-hybridized carbons (Fsp3) is 0.200. The number of nitrogens with one attached hydrogen (secondary N) is 1. The zero-order chi connectivity index (χ0) is 11.2. The van der Waals surface area contributed by atoms with Gasteiger partial charge in [-0.3, -0.25) is 5.43 Å². The molecule has 0 amide bonds. The SMILES string of the molecule is NNc1nnc(CCOc2ccccc2)o1. The summed E-state index contributed by atoms with van der Waals surface area (Å²) < 4.78 is 10.6. The van der Waals surface area contributed by atoms with Crippen LogP contribution in [0.2, 0.25) is 0 Å². The molecule has 3 N–H and O–H groups in total. The molecule has 1 aromatic carbocycles. The van der Waals surface area contributed by atoms with E-state index in [1.165, 1.54) is 0 Å². The first-order valence-corrected chi connectivity index (χ1v) is 4.85. The topological polar surface area (TPSA) is 86.2 Å². The maximum Gasteiger partial charge on any atom is 0.330 e. The zero-order valence-corrected chi connectivity index (χ0v) is 8.59. The van der Waals surface area contributed by atoms with Crippen molar-refractivity contribution in [1.82, 2.24) is 10.2 Å². The number of hydrogen-bond acceptors (Lipinski definition) is 6. The molecule has 0 aliphatic rings. The van der Waals surface area contributed by atoms with Gasteiger partial charge in [0.2, 0.25) is 5.89 Å².